The molecule has 0 saturated heterocycles. The van der Waals surface area contributed by atoms with E-state index in [9.17, 15) is 21.6 Å². The molecule has 2 rings (SSSR count). The van der Waals surface area contributed by atoms with Crippen molar-refractivity contribution in [2.45, 2.75) is 17.2 Å². The van der Waals surface area contributed by atoms with Gasteiger partial charge in [0.1, 0.15) is 0 Å². The fourth-order valence-electron chi connectivity index (χ4n) is 2.17. The minimum absolute atomic E-state index is 0.00479. The number of halogens is 3. The molecule has 7 heteroatoms. The number of hydrogen-bond acceptors (Lipinski definition) is 3. The zero-order valence-corrected chi connectivity index (χ0v) is 12.6. The van der Waals surface area contributed by atoms with Crippen LogP contribution >= 0.6 is 0 Å². The van der Waals surface area contributed by atoms with Gasteiger partial charge in [0.05, 0.1) is 16.9 Å². The monoisotopic (exact) mass is 339 g/mol. The Hall–Kier alpha value is -2.33. The molecule has 0 saturated carbocycles. The molecular formula is C16H12F3NO2S. The fourth-order valence-corrected chi connectivity index (χ4v) is 3.42. The summed E-state index contributed by atoms with van der Waals surface area (Å²) in [5.74, 6) is 0. The summed E-state index contributed by atoms with van der Waals surface area (Å²) in [6, 6.07) is 15.0. The molecule has 0 heterocycles. The second-order valence-corrected chi connectivity index (χ2v) is 7.02. The average molecular weight is 339 g/mol. The summed E-state index contributed by atoms with van der Waals surface area (Å²) >= 11 is 0. The molecule has 0 aliphatic rings. The summed E-state index contributed by atoms with van der Waals surface area (Å²) < 4.78 is 62.8. The summed E-state index contributed by atoms with van der Waals surface area (Å²) in [6.07, 6.45) is -0.297. The second kappa shape index (κ2) is 6.42. The van der Waals surface area contributed by atoms with Gasteiger partial charge < -0.3 is 0 Å². The molecule has 0 radical (unpaired) electrons. The zero-order valence-electron chi connectivity index (χ0n) is 11.8. The van der Waals surface area contributed by atoms with E-state index in [1.165, 1.54) is 24.3 Å². The van der Waals surface area contributed by atoms with Gasteiger partial charge in [-0.3, -0.25) is 0 Å². The number of alkyl halides is 3. The van der Waals surface area contributed by atoms with Gasteiger partial charge in [-0.05, 0) is 29.7 Å². The normalized spacial score (nSPS) is 13.3. The summed E-state index contributed by atoms with van der Waals surface area (Å²) in [6.45, 7) is 0. The van der Waals surface area contributed by atoms with Crippen molar-refractivity contribution in [2.75, 3.05) is 0 Å². The predicted molar refractivity (Wildman–Crippen MR) is 79.0 cm³/mol. The molecule has 0 N–H and O–H groups in total. The van der Waals surface area contributed by atoms with Crippen LogP contribution in [-0.2, 0) is 16.3 Å². The molecular weight excluding hydrogens is 327 g/mol. The van der Waals surface area contributed by atoms with E-state index in [0.717, 1.165) is 0 Å². The highest BCUT2D eigenvalue weighted by atomic mass is 32.2. The third-order valence-electron chi connectivity index (χ3n) is 3.37. The van der Waals surface area contributed by atoms with Crippen LogP contribution in [0, 0.1) is 11.3 Å². The van der Waals surface area contributed by atoms with Crippen molar-refractivity contribution in [2.24, 2.45) is 0 Å². The van der Waals surface area contributed by atoms with Gasteiger partial charge in [0, 0.05) is 0 Å². The third-order valence-corrected chi connectivity index (χ3v) is 5.21. The van der Waals surface area contributed by atoms with Crippen LogP contribution in [0.15, 0.2) is 54.6 Å². The second-order valence-electron chi connectivity index (χ2n) is 4.90. The molecule has 0 bridgehead atoms. The first-order valence-electron chi connectivity index (χ1n) is 6.60. The van der Waals surface area contributed by atoms with E-state index in [-0.39, 0.29) is 17.5 Å². The number of sulfone groups is 1. The number of nitriles is 1. The number of rotatable bonds is 4. The van der Waals surface area contributed by atoms with E-state index in [1.54, 1.807) is 30.3 Å². The lowest BCUT2D eigenvalue weighted by Gasteiger charge is -2.20. The molecule has 2 aromatic rings. The Kier molecular flexibility index (Phi) is 4.76. The van der Waals surface area contributed by atoms with Crippen molar-refractivity contribution in [3.63, 3.8) is 0 Å². The van der Waals surface area contributed by atoms with E-state index in [4.69, 9.17) is 5.26 Å². The molecule has 0 fully saturated rings. The van der Waals surface area contributed by atoms with Crippen molar-refractivity contribution in [1.82, 2.24) is 0 Å². The van der Waals surface area contributed by atoms with Crippen molar-refractivity contribution < 1.29 is 21.6 Å². The van der Waals surface area contributed by atoms with Crippen LogP contribution in [0.4, 0.5) is 13.2 Å². The Labute approximate surface area is 131 Å². The Balaban J connectivity index is 2.49. The number of nitrogens with zero attached hydrogens (tertiary/aromatic N) is 1. The van der Waals surface area contributed by atoms with Crippen LogP contribution in [0.1, 0.15) is 21.9 Å². The lowest BCUT2D eigenvalue weighted by Crippen LogP contribution is -2.30. The van der Waals surface area contributed by atoms with Crippen LogP contribution in [0.5, 0.6) is 0 Å². The van der Waals surface area contributed by atoms with Crippen molar-refractivity contribution in [3.8, 4) is 6.07 Å². The van der Waals surface area contributed by atoms with Crippen molar-refractivity contribution in [1.29, 1.82) is 5.26 Å². The molecule has 3 nitrogen and oxygen atoms in total. The summed E-state index contributed by atoms with van der Waals surface area (Å²) in [7, 11) is -5.39. The highest BCUT2D eigenvalue weighted by Gasteiger charge is 2.51. The van der Waals surface area contributed by atoms with E-state index in [1.807, 2.05) is 6.07 Å². The van der Waals surface area contributed by atoms with Gasteiger partial charge in [-0.2, -0.15) is 18.4 Å². The molecule has 1 atom stereocenters. The topological polar surface area (TPSA) is 57.9 Å². The lowest BCUT2D eigenvalue weighted by molar-refractivity contribution is -0.0445. The standard InChI is InChI=1S/C16H12F3NO2S/c17-16(18,19)23(21,22)15(10-12-4-2-1-3-5-12)14-8-6-13(11-20)7-9-14/h1-9,15H,10H2. The molecule has 2 aromatic carbocycles. The SMILES string of the molecule is N#Cc1ccc(C(Cc2ccccc2)S(=O)(=O)C(F)(F)F)cc1. The summed E-state index contributed by atoms with van der Waals surface area (Å²) in [4.78, 5) is 0. The van der Waals surface area contributed by atoms with Gasteiger partial charge in [-0.25, -0.2) is 8.42 Å². The number of hydrogen-bond donors (Lipinski definition) is 0. The van der Waals surface area contributed by atoms with Gasteiger partial charge in [0.2, 0.25) is 0 Å². The highest BCUT2D eigenvalue weighted by Crippen LogP contribution is 2.37. The summed E-state index contributed by atoms with van der Waals surface area (Å²) in [5, 5.41) is 6.99. The molecule has 0 amide bonds. The Morgan fingerprint density at radius 1 is 1.00 bits per heavy atom. The molecule has 23 heavy (non-hydrogen) atoms. The van der Waals surface area contributed by atoms with Gasteiger partial charge in [-0.15, -0.1) is 0 Å². The molecule has 0 aromatic heterocycles. The van der Waals surface area contributed by atoms with Crippen LogP contribution in [0.25, 0.3) is 0 Å². The van der Waals surface area contributed by atoms with Crippen LogP contribution in [0.2, 0.25) is 0 Å². The Morgan fingerprint density at radius 2 is 1.57 bits per heavy atom. The third kappa shape index (κ3) is 3.71. The van der Waals surface area contributed by atoms with E-state index in [0.29, 0.717) is 5.56 Å². The van der Waals surface area contributed by atoms with Gasteiger partial charge >= 0.3 is 5.51 Å². The van der Waals surface area contributed by atoms with Crippen LogP contribution in [-0.4, -0.2) is 13.9 Å². The quantitative estimate of drug-likeness (QED) is 0.852. The molecule has 0 aliphatic carbocycles. The molecule has 0 aliphatic heterocycles. The first kappa shape index (κ1) is 17.0. The fraction of sp³-hybridized carbons (Fsp3) is 0.188. The van der Waals surface area contributed by atoms with Gasteiger partial charge in [-0.1, -0.05) is 42.5 Å². The molecule has 120 valence electrons. The van der Waals surface area contributed by atoms with E-state index in [2.05, 4.69) is 0 Å². The van der Waals surface area contributed by atoms with Crippen molar-refractivity contribution in [3.05, 3.63) is 71.3 Å². The van der Waals surface area contributed by atoms with Gasteiger partial charge in [0.25, 0.3) is 9.84 Å². The minimum Gasteiger partial charge on any atom is -0.219 e. The highest BCUT2D eigenvalue weighted by molar-refractivity contribution is 7.92. The first-order valence-corrected chi connectivity index (χ1v) is 8.14. The Morgan fingerprint density at radius 3 is 2.04 bits per heavy atom. The maximum absolute atomic E-state index is 13.0. The summed E-state index contributed by atoms with van der Waals surface area (Å²) in [5.41, 5.74) is -4.61. The van der Waals surface area contributed by atoms with E-state index < -0.39 is 20.6 Å². The predicted octanol–water partition coefficient (Wildman–Crippen LogP) is 3.78. The van der Waals surface area contributed by atoms with Crippen LogP contribution in [0.3, 0.4) is 0 Å². The van der Waals surface area contributed by atoms with Crippen molar-refractivity contribution >= 4 is 9.84 Å². The lowest BCUT2D eigenvalue weighted by atomic mass is 10.0. The first-order chi connectivity index (χ1) is 10.8. The van der Waals surface area contributed by atoms with E-state index >= 15 is 0 Å². The molecule has 1 unspecified atom stereocenters. The minimum atomic E-state index is -5.39. The maximum atomic E-state index is 13.0. The number of benzene rings is 2. The largest absolute Gasteiger partial charge is 0.498 e. The average Bonchev–Trinajstić information content (AvgIpc) is 2.52. The van der Waals surface area contributed by atoms with Gasteiger partial charge in [0.15, 0.2) is 0 Å². The molecule has 0 spiro atoms. The maximum Gasteiger partial charge on any atom is 0.498 e. The smallest absolute Gasteiger partial charge is 0.219 e. The van der Waals surface area contributed by atoms with Crippen LogP contribution < -0.4 is 0 Å². The zero-order chi connectivity index (χ0) is 17.1. The Bertz CT molecular complexity index is 807.